The summed E-state index contributed by atoms with van der Waals surface area (Å²) in [7, 11) is 0. The van der Waals surface area contributed by atoms with E-state index in [0.717, 1.165) is 51.8 Å². The van der Waals surface area contributed by atoms with Crippen LogP contribution in [-0.4, -0.2) is 77.6 Å². The molecule has 4 fully saturated rings. The van der Waals surface area contributed by atoms with Crippen molar-refractivity contribution in [1.82, 2.24) is 15.0 Å². The molecule has 0 atom stereocenters. The third kappa shape index (κ3) is 14.8. The number of anilines is 4. The van der Waals surface area contributed by atoms with Gasteiger partial charge in [-0.1, -0.05) is 6.07 Å². The number of rotatable bonds is 15. The predicted octanol–water partition coefficient (Wildman–Crippen LogP) is 19.7. The van der Waals surface area contributed by atoms with Gasteiger partial charge in [0, 0.05) is 70.8 Å². The summed E-state index contributed by atoms with van der Waals surface area (Å²) in [5, 5.41) is 0. The molecule has 7 heterocycles. The number of nitrogens with zero attached hydrogens (tertiary/aromatic N) is 7. The molecule has 0 radical (unpaired) electrons. The molecule has 0 unspecified atom stereocenters. The van der Waals surface area contributed by atoms with E-state index in [1.54, 1.807) is 16.9 Å². The van der Waals surface area contributed by atoms with Crippen molar-refractivity contribution in [3.63, 3.8) is 0 Å². The van der Waals surface area contributed by atoms with Crippen LogP contribution < -0.4 is 23.2 Å². The minimum atomic E-state index is -2.10. The van der Waals surface area contributed by atoms with Crippen molar-refractivity contribution in [3.05, 3.63) is 89.9 Å². The first-order valence-corrected chi connectivity index (χ1v) is 39.4. The van der Waals surface area contributed by atoms with Gasteiger partial charge in [0.2, 0.25) is 0 Å². The molecule has 432 valence electrons. The van der Waals surface area contributed by atoms with Crippen molar-refractivity contribution in [2.45, 2.75) is 298 Å². The Morgan fingerprint density at radius 3 is 1.29 bits per heavy atom. The second-order valence-corrected chi connectivity index (χ2v) is 43.3. The molecule has 0 amide bonds. The molecule has 4 aromatic rings. The van der Waals surface area contributed by atoms with Crippen molar-refractivity contribution >= 4 is 61.2 Å². The molecule has 1 aromatic carbocycles. The average Bonchev–Trinajstić information content (AvgIpc) is 3.43. The first-order chi connectivity index (χ1) is 36.4. The SMILES string of the molecule is CC1(C)CCCC(C)(C)N1c1ccc(-c2ccccn2)c(N2C(C)(C)CCCC2(C)C)n1.CC1(C)[CH+]CCC(C)(C)N1c1nc(N2C(C)(C)CCCC2(C)C)ccc1Br.CCC[CH2][Sn]([CH2]CCC)([CH2]CCC)[c]1ccccc1. The van der Waals surface area contributed by atoms with E-state index >= 15 is 0 Å². The van der Waals surface area contributed by atoms with E-state index in [-0.39, 0.29) is 44.3 Å². The van der Waals surface area contributed by atoms with Gasteiger partial charge in [-0.25, -0.2) is 9.97 Å². The van der Waals surface area contributed by atoms with Gasteiger partial charge in [0.15, 0.2) is 5.54 Å². The Morgan fingerprint density at radius 1 is 0.462 bits per heavy atom. The first-order valence-electron chi connectivity index (χ1n) is 31.1. The molecular formula is C69H111BrN7Sn+. The second-order valence-electron chi connectivity index (χ2n) is 29.2. The van der Waals surface area contributed by atoms with Crippen LogP contribution in [0.5, 0.6) is 0 Å². The van der Waals surface area contributed by atoms with Crippen molar-refractivity contribution in [3.8, 4) is 11.3 Å². The monoisotopic (exact) mass is 1240 g/mol. The van der Waals surface area contributed by atoms with Gasteiger partial charge >= 0.3 is 125 Å². The molecule has 0 spiro atoms. The van der Waals surface area contributed by atoms with E-state index < -0.39 is 18.4 Å². The minimum absolute atomic E-state index is 0.0250. The summed E-state index contributed by atoms with van der Waals surface area (Å²) in [4.78, 5) is 25.8. The molecule has 0 bridgehead atoms. The number of unbranched alkanes of at least 4 members (excludes halogenated alkanes) is 3. The molecule has 9 heteroatoms. The van der Waals surface area contributed by atoms with Gasteiger partial charge in [0.1, 0.15) is 29.7 Å². The van der Waals surface area contributed by atoms with E-state index in [9.17, 15) is 0 Å². The van der Waals surface area contributed by atoms with Gasteiger partial charge in [0.25, 0.3) is 0 Å². The summed E-state index contributed by atoms with van der Waals surface area (Å²) in [6.45, 7) is 44.8. The average molecular weight is 1240 g/mol. The Morgan fingerprint density at radius 2 is 0.872 bits per heavy atom. The number of aromatic nitrogens is 3. The molecule has 4 saturated heterocycles. The fraction of sp³-hybridized carbons (Fsp3) is 0.681. The van der Waals surface area contributed by atoms with Crippen molar-refractivity contribution in [2.24, 2.45) is 0 Å². The van der Waals surface area contributed by atoms with Crippen molar-refractivity contribution in [2.75, 3.05) is 19.6 Å². The Bertz CT molecular complexity index is 2430. The third-order valence-electron chi connectivity index (χ3n) is 18.9. The van der Waals surface area contributed by atoms with Gasteiger partial charge in [-0.2, -0.15) is 0 Å². The standard InChI is InChI=1S/C28H42N4.C23H37BrN3.C6H5.3C4H9.Sn/c1-25(2)16-11-17-26(3,4)31(25)23-15-14-21(22-13-9-10-20-29-22)24(30-23)32-27(5,6)18-12-19-28(32,7)8;1-20(2)13-9-14-21(3,4)26(20)18-12-11-17(24)19(25-18)27-22(5,6)15-10-16-23(27,7)8;1-2-4-6-5-3-1;3*1-3-4-2;/h9-10,13-15,20H,11-12,16-19H2,1-8H3;11-12,15H,9-10,13-14,16H2,1-8H3;1-5H;3*1,3-4H2,2H3;/q;+1;;;;;. The number of benzene rings is 1. The maximum absolute atomic E-state index is 5.49. The van der Waals surface area contributed by atoms with Crippen LogP contribution in [0.15, 0.2) is 83.5 Å². The number of halogens is 1. The quantitative estimate of drug-likeness (QED) is 0.0868. The number of pyridine rings is 3. The van der Waals surface area contributed by atoms with Crippen LogP contribution in [0.25, 0.3) is 11.3 Å². The Hall–Kier alpha value is -2.98. The van der Waals surface area contributed by atoms with Crippen molar-refractivity contribution < 1.29 is 0 Å². The maximum atomic E-state index is 5.49. The first kappa shape index (κ1) is 64.2. The molecular weight excluding hydrogens is 1130 g/mol. The molecule has 0 aliphatic carbocycles. The molecule has 7 nitrogen and oxygen atoms in total. The van der Waals surface area contributed by atoms with Crippen LogP contribution in [0.1, 0.15) is 241 Å². The van der Waals surface area contributed by atoms with Crippen LogP contribution in [-0.2, 0) is 0 Å². The number of hydrogen-bond acceptors (Lipinski definition) is 7. The fourth-order valence-corrected chi connectivity index (χ4v) is 31.8. The normalized spacial score (nSPS) is 21.5. The zero-order valence-corrected chi connectivity index (χ0v) is 57.7. The van der Waals surface area contributed by atoms with E-state index in [4.69, 9.17) is 15.0 Å². The molecule has 8 rings (SSSR count). The van der Waals surface area contributed by atoms with Crippen LogP contribution in [0.4, 0.5) is 23.3 Å². The van der Waals surface area contributed by atoms with Crippen LogP contribution in [0.3, 0.4) is 0 Å². The number of hydrogen-bond donors (Lipinski definition) is 0. The van der Waals surface area contributed by atoms with Crippen LogP contribution in [0, 0.1) is 6.42 Å². The zero-order valence-electron chi connectivity index (χ0n) is 53.2. The van der Waals surface area contributed by atoms with Gasteiger partial charge in [-0.15, -0.1) is 0 Å². The molecule has 3 aromatic heterocycles. The summed E-state index contributed by atoms with van der Waals surface area (Å²) in [6, 6.07) is 26.7. The predicted molar refractivity (Wildman–Crippen MR) is 348 cm³/mol. The fourth-order valence-electron chi connectivity index (χ4n) is 15.4. The summed E-state index contributed by atoms with van der Waals surface area (Å²) < 4.78 is 7.61. The second kappa shape index (κ2) is 25.7. The summed E-state index contributed by atoms with van der Waals surface area (Å²) >= 11 is 1.72. The number of piperidine rings is 4. The topological polar surface area (TPSA) is 51.6 Å². The molecule has 4 aliphatic heterocycles. The van der Waals surface area contributed by atoms with E-state index in [1.165, 1.54) is 96.3 Å². The summed E-state index contributed by atoms with van der Waals surface area (Å²) in [5.74, 6) is 4.33. The summed E-state index contributed by atoms with van der Waals surface area (Å²) in [5.41, 5.74) is 2.60. The Balaban J connectivity index is 0.000000196. The Labute approximate surface area is 491 Å². The molecule has 0 N–H and O–H groups in total. The summed E-state index contributed by atoms with van der Waals surface area (Å²) in [6.07, 6.45) is 26.0. The van der Waals surface area contributed by atoms with E-state index in [1.807, 2.05) is 12.3 Å². The molecule has 0 saturated carbocycles. The van der Waals surface area contributed by atoms with Crippen molar-refractivity contribution in [1.29, 1.82) is 0 Å². The zero-order chi connectivity index (χ0) is 57.6. The van der Waals surface area contributed by atoms with Gasteiger partial charge < -0.3 is 19.6 Å². The van der Waals surface area contributed by atoms with Crippen LogP contribution in [0.2, 0.25) is 13.3 Å². The molecule has 4 aliphatic rings. The molecule has 78 heavy (non-hydrogen) atoms. The van der Waals surface area contributed by atoms with Gasteiger partial charge in [0.05, 0.1) is 16.6 Å². The van der Waals surface area contributed by atoms with Crippen LogP contribution >= 0.6 is 15.9 Å². The van der Waals surface area contributed by atoms with Gasteiger partial charge in [-0.05, 0) is 207 Å². The van der Waals surface area contributed by atoms with E-state index in [0.29, 0.717) is 0 Å². The van der Waals surface area contributed by atoms with E-state index in [2.05, 4.69) is 240 Å². The van der Waals surface area contributed by atoms with Gasteiger partial charge in [-0.3, -0.25) is 4.98 Å². The Kier molecular flexibility index (Phi) is 21.1. The third-order valence-corrected chi connectivity index (χ3v) is 35.1.